The highest BCUT2D eigenvalue weighted by Gasteiger charge is 2.57. The summed E-state index contributed by atoms with van der Waals surface area (Å²) in [6.07, 6.45) is 0. The molecule has 1 aromatic rings. The predicted octanol–water partition coefficient (Wildman–Crippen LogP) is 2.11. The lowest BCUT2D eigenvalue weighted by atomic mass is 10.0. The van der Waals surface area contributed by atoms with Gasteiger partial charge in [-0.25, -0.2) is 0 Å². The molecule has 2 N–H and O–H groups in total. The molecule has 2 atom stereocenters. The molecule has 1 fully saturated rings. The van der Waals surface area contributed by atoms with E-state index in [9.17, 15) is 0 Å². The van der Waals surface area contributed by atoms with Crippen LogP contribution in [0.25, 0.3) is 0 Å². The van der Waals surface area contributed by atoms with Crippen LogP contribution in [-0.2, 0) is 0 Å². The Morgan fingerprint density at radius 1 is 1.31 bits per heavy atom. The predicted molar refractivity (Wildman–Crippen MR) is 61.6 cm³/mol. The molecule has 3 rings (SSSR count). The zero-order valence-corrected chi connectivity index (χ0v) is 9.69. The Kier molecular flexibility index (Phi) is 1.96. The van der Waals surface area contributed by atoms with Crippen LogP contribution in [0.15, 0.2) is 18.2 Å². The second kappa shape index (κ2) is 3.14. The van der Waals surface area contributed by atoms with Gasteiger partial charge < -0.3 is 15.2 Å². The summed E-state index contributed by atoms with van der Waals surface area (Å²) in [5, 5.41) is 0. The van der Waals surface area contributed by atoms with Crippen LogP contribution < -0.4 is 15.2 Å². The lowest BCUT2D eigenvalue weighted by molar-refractivity contribution is 0.174. The molecular weight excluding hydrogens is 202 g/mol. The molecule has 1 heterocycles. The van der Waals surface area contributed by atoms with Crippen molar-refractivity contribution in [3.63, 3.8) is 0 Å². The first-order valence-electron chi connectivity index (χ1n) is 5.74. The molecule has 2 aliphatic rings. The highest BCUT2D eigenvalue weighted by molar-refractivity contribution is 5.47. The van der Waals surface area contributed by atoms with E-state index in [1.807, 2.05) is 6.07 Å². The third kappa shape index (κ3) is 1.24. The van der Waals surface area contributed by atoms with E-state index in [4.69, 9.17) is 15.2 Å². The Labute approximate surface area is 95.5 Å². The van der Waals surface area contributed by atoms with Crippen molar-refractivity contribution < 1.29 is 9.47 Å². The molecule has 0 radical (unpaired) electrons. The molecule has 0 unspecified atom stereocenters. The number of nitrogens with two attached hydrogens (primary N) is 1. The van der Waals surface area contributed by atoms with Gasteiger partial charge in [0.05, 0.1) is 0 Å². The lowest BCUT2D eigenvalue weighted by Gasteiger charge is -2.04. The van der Waals surface area contributed by atoms with Crippen molar-refractivity contribution in [3.05, 3.63) is 23.8 Å². The fourth-order valence-corrected chi connectivity index (χ4v) is 2.95. The number of ether oxygens (including phenoxy) is 2. The van der Waals surface area contributed by atoms with Gasteiger partial charge in [-0.1, -0.05) is 19.9 Å². The molecular formula is C13H17NO2. The zero-order valence-electron chi connectivity index (χ0n) is 9.69. The SMILES string of the molecule is CC1(C)[C@H](CN)[C@H]1c1ccc2c(c1)OCO2. The minimum atomic E-state index is 0.322. The summed E-state index contributed by atoms with van der Waals surface area (Å²) in [6, 6.07) is 6.24. The van der Waals surface area contributed by atoms with E-state index >= 15 is 0 Å². The van der Waals surface area contributed by atoms with Gasteiger partial charge in [0.1, 0.15) is 0 Å². The number of hydrogen-bond donors (Lipinski definition) is 1. The standard InChI is InChI=1S/C13H17NO2/c1-13(2)9(6-14)12(13)8-3-4-10-11(5-8)16-7-15-10/h3-5,9,12H,6-7,14H2,1-2H3/t9-,12-/m1/s1. The smallest absolute Gasteiger partial charge is 0.231 e. The molecule has 0 saturated heterocycles. The summed E-state index contributed by atoms with van der Waals surface area (Å²) in [4.78, 5) is 0. The van der Waals surface area contributed by atoms with Crippen LogP contribution in [0.3, 0.4) is 0 Å². The molecule has 0 aromatic heterocycles. The second-order valence-electron chi connectivity index (χ2n) is 5.25. The Morgan fingerprint density at radius 2 is 2.06 bits per heavy atom. The summed E-state index contributed by atoms with van der Waals surface area (Å²) in [5.41, 5.74) is 7.44. The summed E-state index contributed by atoms with van der Waals surface area (Å²) in [5.74, 6) is 2.88. The van der Waals surface area contributed by atoms with Crippen molar-refractivity contribution >= 4 is 0 Å². The molecule has 16 heavy (non-hydrogen) atoms. The maximum Gasteiger partial charge on any atom is 0.231 e. The number of hydrogen-bond acceptors (Lipinski definition) is 3. The van der Waals surface area contributed by atoms with Crippen molar-refractivity contribution in [2.24, 2.45) is 17.1 Å². The van der Waals surface area contributed by atoms with Gasteiger partial charge in [0.25, 0.3) is 0 Å². The molecule has 0 amide bonds. The molecule has 3 heteroatoms. The van der Waals surface area contributed by atoms with Crippen molar-refractivity contribution in [1.82, 2.24) is 0 Å². The average Bonchev–Trinajstić information content (AvgIpc) is 2.62. The van der Waals surface area contributed by atoms with E-state index in [1.54, 1.807) is 0 Å². The van der Waals surface area contributed by atoms with E-state index in [0.717, 1.165) is 18.0 Å². The minimum absolute atomic E-state index is 0.322. The van der Waals surface area contributed by atoms with Gasteiger partial charge in [0.15, 0.2) is 11.5 Å². The molecule has 1 saturated carbocycles. The van der Waals surface area contributed by atoms with Crippen molar-refractivity contribution in [1.29, 1.82) is 0 Å². The summed E-state index contributed by atoms with van der Waals surface area (Å²) in [6.45, 7) is 5.65. The van der Waals surface area contributed by atoms with Gasteiger partial charge in [0.2, 0.25) is 6.79 Å². The molecule has 1 aromatic carbocycles. The van der Waals surface area contributed by atoms with Gasteiger partial charge in [-0.15, -0.1) is 0 Å². The monoisotopic (exact) mass is 219 g/mol. The second-order valence-corrected chi connectivity index (χ2v) is 5.25. The number of benzene rings is 1. The van der Waals surface area contributed by atoms with Gasteiger partial charge in [-0.05, 0) is 41.5 Å². The first kappa shape index (κ1) is 9.97. The van der Waals surface area contributed by atoms with E-state index in [0.29, 0.717) is 24.0 Å². The van der Waals surface area contributed by atoms with Gasteiger partial charge in [0, 0.05) is 0 Å². The molecule has 86 valence electrons. The molecule has 1 aliphatic heterocycles. The topological polar surface area (TPSA) is 44.5 Å². The Hall–Kier alpha value is -1.22. The Morgan fingerprint density at radius 3 is 2.75 bits per heavy atom. The summed E-state index contributed by atoms with van der Waals surface area (Å²) >= 11 is 0. The minimum Gasteiger partial charge on any atom is -0.454 e. The normalized spacial score (nSPS) is 29.2. The highest BCUT2D eigenvalue weighted by atomic mass is 16.7. The maximum absolute atomic E-state index is 5.79. The van der Waals surface area contributed by atoms with Crippen LogP contribution in [0, 0.1) is 11.3 Å². The average molecular weight is 219 g/mol. The van der Waals surface area contributed by atoms with E-state index in [1.165, 1.54) is 5.56 Å². The first-order chi connectivity index (χ1) is 7.64. The zero-order chi connectivity index (χ0) is 11.3. The van der Waals surface area contributed by atoms with E-state index in [-0.39, 0.29) is 0 Å². The fourth-order valence-electron chi connectivity index (χ4n) is 2.95. The lowest BCUT2D eigenvalue weighted by Crippen LogP contribution is -2.05. The third-order valence-corrected chi connectivity index (χ3v) is 4.06. The molecule has 1 aliphatic carbocycles. The van der Waals surface area contributed by atoms with Crippen LogP contribution in [0.5, 0.6) is 11.5 Å². The summed E-state index contributed by atoms with van der Waals surface area (Å²) in [7, 11) is 0. The van der Waals surface area contributed by atoms with E-state index < -0.39 is 0 Å². The quantitative estimate of drug-likeness (QED) is 0.828. The van der Waals surface area contributed by atoms with Crippen molar-refractivity contribution in [2.75, 3.05) is 13.3 Å². The maximum atomic E-state index is 5.79. The Balaban J connectivity index is 1.92. The third-order valence-electron chi connectivity index (χ3n) is 4.06. The van der Waals surface area contributed by atoms with Crippen LogP contribution in [0.4, 0.5) is 0 Å². The molecule has 0 bridgehead atoms. The molecule has 3 nitrogen and oxygen atoms in total. The van der Waals surface area contributed by atoms with Gasteiger partial charge >= 0.3 is 0 Å². The van der Waals surface area contributed by atoms with Crippen molar-refractivity contribution in [3.8, 4) is 11.5 Å². The van der Waals surface area contributed by atoms with Crippen LogP contribution in [0.2, 0.25) is 0 Å². The Bertz CT molecular complexity index is 428. The summed E-state index contributed by atoms with van der Waals surface area (Å²) < 4.78 is 10.7. The number of rotatable bonds is 2. The van der Waals surface area contributed by atoms with Gasteiger partial charge in [-0.3, -0.25) is 0 Å². The van der Waals surface area contributed by atoms with Crippen LogP contribution in [-0.4, -0.2) is 13.3 Å². The van der Waals surface area contributed by atoms with Gasteiger partial charge in [-0.2, -0.15) is 0 Å². The largest absolute Gasteiger partial charge is 0.454 e. The molecule has 0 spiro atoms. The van der Waals surface area contributed by atoms with Crippen LogP contribution in [0.1, 0.15) is 25.3 Å². The first-order valence-corrected chi connectivity index (χ1v) is 5.74. The van der Waals surface area contributed by atoms with Crippen molar-refractivity contribution in [2.45, 2.75) is 19.8 Å². The fraction of sp³-hybridized carbons (Fsp3) is 0.538. The van der Waals surface area contributed by atoms with Crippen LogP contribution >= 0.6 is 0 Å². The number of fused-ring (bicyclic) bond motifs is 1. The van der Waals surface area contributed by atoms with E-state index in [2.05, 4.69) is 26.0 Å². The highest BCUT2D eigenvalue weighted by Crippen LogP contribution is 2.64.